The van der Waals surface area contributed by atoms with Crippen molar-refractivity contribution in [1.82, 2.24) is 24.8 Å². The van der Waals surface area contributed by atoms with Gasteiger partial charge < -0.3 is 20.3 Å². The molecule has 3 aromatic rings. The third kappa shape index (κ3) is 5.54. The van der Waals surface area contributed by atoms with Crippen LogP contribution in [0.3, 0.4) is 0 Å². The Morgan fingerprint density at radius 2 is 1.94 bits per heavy atom. The van der Waals surface area contributed by atoms with Crippen molar-refractivity contribution in [2.75, 3.05) is 38.0 Å². The van der Waals surface area contributed by atoms with E-state index in [1.807, 2.05) is 6.20 Å². The molecule has 0 radical (unpaired) electrons. The fraction of sp³-hybridized carbons (Fsp3) is 0.538. The highest BCUT2D eigenvalue weighted by atomic mass is 35.5. The lowest BCUT2D eigenvalue weighted by Gasteiger charge is -2.27. The van der Waals surface area contributed by atoms with E-state index < -0.39 is 0 Å². The lowest BCUT2D eigenvalue weighted by molar-refractivity contribution is 0.111. The van der Waals surface area contributed by atoms with Crippen LogP contribution in [0.1, 0.15) is 50.6 Å². The minimum Gasteiger partial charge on any atom is -0.393 e. The maximum absolute atomic E-state index is 10.0. The van der Waals surface area contributed by atoms with Gasteiger partial charge in [0.25, 0.3) is 0 Å². The first-order valence-electron chi connectivity index (χ1n) is 12.5. The first-order valence-corrected chi connectivity index (χ1v) is 12.5. The Hall–Kier alpha value is -2.19. The minimum atomic E-state index is -0.166. The molecule has 34 heavy (non-hydrogen) atoms. The van der Waals surface area contributed by atoms with Crippen LogP contribution in [-0.4, -0.2) is 63.4 Å². The molecule has 2 fully saturated rings. The van der Waals surface area contributed by atoms with Crippen molar-refractivity contribution in [3.05, 3.63) is 42.2 Å². The molecule has 3 heterocycles. The Labute approximate surface area is 208 Å². The van der Waals surface area contributed by atoms with E-state index >= 15 is 0 Å². The molecule has 7 nitrogen and oxygen atoms in total. The summed E-state index contributed by atoms with van der Waals surface area (Å²) in [5.41, 5.74) is 4.76. The second-order valence-electron chi connectivity index (χ2n) is 9.50. The van der Waals surface area contributed by atoms with Gasteiger partial charge >= 0.3 is 0 Å². The van der Waals surface area contributed by atoms with E-state index in [9.17, 15) is 5.11 Å². The van der Waals surface area contributed by atoms with Crippen molar-refractivity contribution in [3.8, 4) is 11.1 Å². The van der Waals surface area contributed by atoms with E-state index in [0.29, 0.717) is 12.0 Å². The average Bonchev–Trinajstić information content (AvgIpc) is 3.23. The number of nitrogens with one attached hydrogen (secondary N) is 2. The molecule has 1 aliphatic heterocycles. The van der Waals surface area contributed by atoms with E-state index in [4.69, 9.17) is 4.98 Å². The Morgan fingerprint density at radius 1 is 1.15 bits per heavy atom. The van der Waals surface area contributed by atoms with E-state index in [1.165, 1.54) is 16.7 Å². The van der Waals surface area contributed by atoms with Crippen molar-refractivity contribution in [1.29, 1.82) is 0 Å². The van der Waals surface area contributed by atoms with Crippen molar-refractivity contribution in [2.45, 2.75) is 57.7 Å². The van der Waals surface area contributed by atoms with Gasteiger partial charge in [-0.05, 0) is 49.3 Å². The molecule has 0 spiro atoms. The fourth-order valence-corrected chi connectivity index (χ4v) is 5.16. The number of hydrogen-bond acceptors (Lipinski definition) is 6. The van der Waals surface area contributed by atoms with Crippen LogP contribution < -0.4 is 10.6 Å². The quantitative estimate of drug-likeness (QED) is 0.466. The molecule has 0 amide bonds. The van der Waals surface area contributed by atoms with Gasteiger partial charge in [-0.1, -0.05) is 25.1 Å². The number of anilines is 1. The maximum Gasteiger partial charge on any atom is 0.224 e. The molecule has 3 N–H and O–H groups in total. The highest BCUT2D eigenvalue weighted by Gasteiger charge is 2.24. The summed E-state index contributed by atoms with van der Waals surface area (Å²) in [6.07, 6.45) is 8.79. The molecule has 184 valence electrons. The monoisotopic (exact) mass is 484 g/mol. The van der Waals surface area contributed by atoms with Crippen LogP contribution in [0.5, 0.6) is 0 Å². The Kier molecular flexibility index (Phi) is 8.42. The first-order chi connectivity index (χ1) is 16.2. The number of aliphatic hydroxyl groups is 1. The molecule has 1 aromatic carbocycles. The molecule has 2 aromatic heterocycles. The van der Waals surface area contributed by atoms with Crippen LogP contribution in [0.15, 0.2) is 36.7 Å². The normalized spacial score (nSPS) is 21.4. The number of halogens is 1. The number of fused-ring (bicyclic) bond motifs is 1. The van der Waals surface area contributed by atoms with E-state index in [1.54, 1.807) is 0 Å². The molecular weight excluding hydrogens is 448 g/mol. The zero-order valence-corrected chi connectivity index (χ0v) is 20.9. The molecule has 2 aliphatic rings. The summed E-state index contributed by atoms with van der Waals surface area (Å²) in [7, 11) is 0. The van der Waals surface area contributed by atoms with Gasteiger partial charge in [0.1, 0.15) is 5.65 Å². The van der Waals surface area contributed by atoms with Gasteiger partial charge in [0.05, 0.1) is 6.10 Å². The van der Waals surface area contributed by atoms with Crippen molar-refractivity contribution in [3.63, 3.8) is 0 Å². The summed E-state index contributed by atoms with van der Waals surface area (Å²) in [5, 5.41) is 17.9. The third-order valence-electron chi connectivity index (χ3n) is 7.02. The Morgan fingerprint density at radius 3 is 2.71 bits per heavy atom. The zero-order chi connectivity index (χ0) is 22.6. The summed E-state index contributed by atoms with van der Waals surface area (Å²) in [6, 6.07) is 9.30. The predicted octanol–water partition coefficient (Wildman–Crippen LogP) is 4.22. The minimum absolute atomic E-state index is 0. The lowest BCUT2D eigenvalue weighted by Crippen LogP contribution is -2.42. The fourth-order valence-electron chi connectivity index (χ4n) is 5.16. The van der Waals surface area contributed by atoms with E-state index in [0.717, 1.165) is 82.4 Å². The molecule has 0 unspecified atom stereocenters. The molecule has 8 heteroatoms. The van der Waals surface area contributed by atoms with Gasteiger partial charge in [0, 0.05) is 68.7 Å². The first kappa shape index (κ1) is 24.9. The maximum atomic E-state index is 10.0. The van der Waals surface area contributed by atoms with Crippen molar-refractivity contribution >= 4 is 29.4 Å². The summed E-state index contributed by atoms with van der Waals surface area (Å²) < 4.78 is 2.35. The molecule has 1 saturated heterocycles. The van der Waals surface area contributed by atoms with Crippen molar-refractivity contribution in [2.24, 2.45) is 0 Å². The van der Waals surface area contributed by atoms with Crippen LogP contribution in [0.25, 0.3) is 22.2 Å². The summed E-state index contributed by atoms with van der Waals surface area (Å²) >= 11 is 0. The van der Waals surface area contributed by atoms with Crippen LogP contribution in [0.2, 0.25) is 0 Å². The van der Waals surface area contributed by atoms with Gasteiger partial charge in [0.2, 0.25) is 5.95 Å². The predicted molar refractivity (Wildman–Crippen MR) is 141 cm³/mol. The van der Waals surface area contributed by atoms with Crippen LogP contribution in [0, 0.1) is 0 Å². The van der Waals surface area contributed by atoms with Gasteiger partial charge in [-0.25, -0.2) is 4.98 Å². The number of aromatic nitrogens is 3. The zero-order valence-electron chi connectivity index (χ0n) is 20.0. The smallest absolute Gasteiger partial charge is 0.224 e. The second kappa shape index (κ2) is 11.5. The highest BCUT2D eigenvalue weighted by molar-refractivity contribution is 5.94. The number of aliphatic hydroxyl groups excluding tert-OH is 1. The summed E-state index contributed by atoms with van der Waals surface area (Å²) in [4.78, 5) is 12.1. The Bertz CT molecular complexity index is 1070. The number of nitrogens with zero attached hydrogens (tertiary/aromatic N) is 4. The third-order valence-corrected chi connectivity index (χ3v) is 7.02. The highest BCUT2D eigenvalue weighted by Crippen LogP contribution is 2.37. The molecular formula is C26H37ClN6O. The van der Waals surface area contributed by atoms with E-state index in [-0.39, 0.29) is 18.5 Å². The number of piperazine rings is 1. The summed E-state index contributed by atoms with van der Waals surface area (Å²) in [5.74, 6) is 0.693. The van der Waals surface area contributed by atoms with Crippen LogP contribution in [0.4, 0.5) is 5.95 Å². The average molecular weight is 485 g/mol. The number of benzene rings is 1. The van der Waals surface area contributed by atoms with Crippen LogP contribution in [-0.2, 0) is 6.54 Å². The molecule has 0 bridgehead atoms. The largest absolute Gasteiger partial charge is 0.393 e. The lowest BCUT2D eigenvalue weighted by atomic mass is 9.93. The van der Waals surface area contributed by atoms with Crippen molar-refractivity contribution < 1.29 is 5.11 Å². The molecule has 1 saturated carbocycles. The molecule has 5 rings (SSSR count). The standard InChI is InChI=1S/C26H36N6O.ClH/c1-2-10-28-26-29-16-23-24(18-32(25(23)30-26)21-6-8-22(33)9-7-21)20-5-3-4-19(15-20)17-31-13-11-27-12-14-31;/h3-5,15-16,18,21-22,27,33H,2,6-14,17H2,1H3,(H,28,29,30);1H. The number of hydrogen-bond donors (Lipinski definition) is 3. The van der Waals surface area contributed by atoms with E-state index in [2.05, 4.69) is 62.5 Å². The van der Waals surface area contributed by atoms with Gasteiger partial charge in [-0.3, -0.25) is 4.90 Å². The molecule has 1 aliphatic carbocycles. The van der Waals surface area contributed by atoms with Gasteiger partial charge in [-0.15, -0.1) is 12.4 Å². The van der Waals surface area contributed by atoms with Crippen LogP contribution >= 0.6 is 12.4 Å². The van der Waals surface area contributed by atoms with Gasteiger partial charge in [0.15, 0.2) is 0 Å². The number of rotatable bonds is 7. The second-order valence-corrected chi connectivity index (χ2v) is 9.50. The molecule has 0 atom stereocenters. The topological polar surface area (TPSA) is 78.2 Å². The van der Waals surface area contributed by atoms with Gasteiger partial charge in [-0.2, -0.15) is 4.98 Å². The summed E-state index contributed by atoms with van der Waals surface area (Å²) in [6.45, 7) is 8.31. The Balaban J connectivity index is 0.00000274. The SMILES string of the molecule is CCCNc1ncc2c(-c3cccc(CN4CCNCC4)c3)cn(C3CCC(O)CC3)c2n1.Cl.